The van der Waals surface area contributed by atoms with Gasteiger partial charge >= 0.3 is 0 Å². The minimum Gasteiger partial charge on any atom is -0.394 e. The average molecular weight is 272 g/mol. The number of aliphatic hydroxyl groups excluding tert-OH is 1. The molecule has 1 aromatic rings. The zero-order chi connectivity index (χ0) is 13.9. The molecule has 1 heterocycles. The van der Waals surface area contributed by atoms with E-state index in [9.17, 15) is 18.7 Å². The van der Waals surface area contributed by atoms with E-state index in [4.69, 9.17) is 0 Å². The molecule has 6 heteroatoms. The number of carbonyl (C=O) groups is 1. The fourth-order valence-electron chi connectivity index (χ4n) is 2.61. The summed E-state index contributed by atoms with van der Waals surface area (Å²) in [4.78, 5) is 12.1. The number of aromatic nitrogens is 1. The summed E-state index contributed by atoms with van der Waals surface area (Å²) < 4.78 is 26.0. The average Bonchev–Trinajstić information content (AvgIpc) is 2.98. The number of alkyl halides is 2. The fourth-order valence-corrected chi connectivity index (χ4v) is 2.61. The van der Waals surface area contributed by atoms with Gasteiger partial charge in [-0.15, -0.1) is 0 Å². The minimum atomic E-state index is -2.50. The number of nitrogens with zero attached hydrogens (tertiary/aromatic N) is 1. The second-order valence-corrected chi connectivity index (χ2v) is 5.04. The third-order valence-electron chi connectivity index (χ3n) is 3.64. The first-order valence-corrected chi connectivity index (χ1v) is 6.43. The van der Waals surface area contributed by atoms with Crippen molar-refractivity contribution in [1.29, 1.82) is 0 Å². The molecular formula is C13H18F2N2O2. The summed E-state index contributed by atoms with van der Waals surface area (Å²) in [6.45, 7) is -0.615. The van der Waals surface area contributed by atoms with Crippen molar-refractivity contribution in [2.75, 3.05) is 6.61 Å². The van der Waals surface area contributed by atoms with Crippen LogP contribution in [-0.2, 0) is 6.54 Å². The van der Waals surface area contributed by atoms with Crippen LogP contribution in [0.2, 0.25) is 0 Å². The molecule has 19 heavy (non-hydrogen) atoms. The third kappa shape index (κ3) is 3.12. The lowest BCUT2D eigenvalue weighted by molar-refractivity contribution is 0.0819. The minimum absolute atomic E-state index is 0.117. The maximum absolute atomic E-state index is 12.4. The molecule has 0 aromatic carbocycles. The van der Waals surface area contributed by atoms with Gasteiger partial charge < -0.3 is 15.0 Å². The van der Waals surface area contributed by atoms with E-state index in [0.29, 0.717) is 0 Å². The molecule has 1 aromatic heterocycles. The highest BCUT2D eigenvalue weighted by Crippen LogP contribution is 2.29. The van der Waals surface area contributed by atoms with Crippen molar-refractivity contribution in [2.24, 2.45) is 0 Å². The number of amides is 1. The lowest BCUT2D eigenvalue weighted by Gasteiger charge is -2.28. The highest BCUT2D eigenvalue weighted by Gasteiger charge is 2.35. The summed E-state index contributed by atoms with van der Waals surface area (Å²) in [7, 11) is 0. The van der Waals surface area contributed by atoms with E-state index in [1.807, 2.05) is 0 Å². The first-order valence-electron chi connectivity index (χ1n) is 6.43. The normalized spacial score (nSPS) is 17.9. The summed E-state index contributed by atoms with van der Waals surface area (Å²) in [5.41, 5.74) is -0.378. The zero-order valence-corrected chi connectivity index (χ0v) is 10.6. The Kier molecular flexibility index (Phi) is 4.19. The lowest BCUT2D eigenvalue weighted by atomic mass is 9.99. The first-order chi connectivity index (χ1) is 9.06. The van der Waals surface area contributed by atoms with Gasteiger partial charge in [0.05, 0.1) is 18.7 Å². The van der Waals surface area contributed by atoms with Crippen molar-refractivity contribution in [3.05, 3.63) is 24.0 Å². The van der Waals surface area contributed by atoms with Gasteiger partial charge in [0, 0.05) is 6.20 Å². The van der Waals surface area contributed by atoms with Gasteiger partial charge in [-0.05, 0) is 25.0 Å². The van der Waals surface area contributed by atoms with Gasteiger partial charge in [0.25, 0.3) is 12.3 Å². The summed E-state index contributed by atoms with van der Waals surface area (Å²) in [5.74, 6) is -0.401. The Labute approximate surface area is 110 Å². The molecule has 0 atom stereocenters. The van der Waals surface area contributed by atoms with Gasteiger partial charge in [-0.25, -0.2) is 8.78 Å². The molecule has 0 unspecified atom stereocenters. The second-order valence-electron chi connectivity index (χ2n) is 5.04. The molecule has 0 spiro atoms. The van der Waals surface area contributed by atoms with Crippen molar-refractivity contribution in [3.8, 4) is 0 Å². The fraction of sp³-hybridized carbons (Fsp3) is 0.615. The number of carbonyl (C=O) groups excluding carboxylic acids is 1. The van der Waals surface area contributed by atoms with Crippen LogP contribution in [0, 0.1) is 0 Å². The second kappa shape index (κ2) is 5.69. The molecule has 1 fully saturated rings. The Hall–Kier alpha value is -1.43. The number of hydrogen-bond donors (Lipinski definition) is 2. The van der Waals surface area contributed by atoms with E-state index in [2.05, 4.69) is 5.32 Å². The van der Waals surface area contributed by atoms with Crippen LogP contribution in [0.3, 0.4) is 0 Å². The van der Waals surface area contributed by atoms with Gasteiger partial charge in [0.2, 0.25) is 0 Å². The highest BCUT2D eigenvalue weighted by molar-refractivity contribution is 5.93. The molecule has 1 saturated carbocycles. The Morgan fingerprint density at radius 2 is 2.16 bits per heavy atom. The Morgan fingerprint density at radius 3 is 2.74 bits per heavy atom. The molecule has 0 bridgehead atoms. The van der Waals surface area contributed by atoms with Crippen molar-refractivity contribution in [2.45, 2.75) is 44.2 Å². The number of rotatable bonds is 5. The molecule has 4 nitrogen and oxygen atoms in total. The molecule has 2 N–H and O–H groups in total. The predicted molar refractivity (Wildman–Crippen MR) is 66.2 cm³/mol. The van der Waals surface area contributed by atoms with Gasteiger partial charge in [0.1, 0.15) is 5.69 Å². The van der Waals surface area contributed by atoms with Crippen LogP contribution in [0.25, 0.3) is 0 Å². The van der Waals surface area contributed by atoms with Gasteiger partial charge in [0.15, 0.2) is 0 Å². The van der Waals surface area contributed by atoms with Gasteiger partial charge in [-0.2, -0.15) is 0 Å². The SMILES string of the molecule is O=C(NC1(CO)CCCC1)c1cccn1CC(F)F. The third-order valence-corrected chi connectivity index (χ3v) is 3.64. The van der Waals surface area contributed by atoms with Crippen LogP contribution in [0.4, 0.5) is 8.78 Å². The largest absolute Gasteiger partial charge is 0.394 e. The van der Waals surface area contributed by atoms with Crippen molar-refractivity contribution in [3.63, 3.8) is 0 Å². The Balaban J connectivity index is 2.09. The molecule has 2 rings (SSSR count). The number of nitrogens with one attached hydrogen (secondary N) is 1. The van der Waals surface area contributed by atoms with Crippen LogP contribution in [-0.4, -0.2) is 34.2 Å². The molecule has 1 aliphatic rings. The molecule has 0 radical (unpaired) electrons. The molecule has 1 aliphatic carbocycles. The summed E-state index contributed by atoms with van der Waals surface area (Å²) >= 11 is 0. The summed E-state index contributed by atoms with van der Waals surface area (Å²) in [6.07, 6.45) is 2.33. The molecule has 106 valence electrons. The van der Waals surface area contributed by atoms with Crippen LogP contribution in [0.5, 0.6) is 0 Å². The number of hydrogen-bond acceptors (Lipinski definition) is 2. The van der Waals surface area contributed by atoms with E-state index in [0.717, 1.165) is 25.7 Å². The quantitative estimate of drug-likeness (QED) is 0.858. The van der Waals surface area contributed by atoms with Gasteiger partial charge in [-0.1, -0.05) is 12.8 Å². The summed E-state index contributed by atoms with van der Waals surface area (Å²) in [6, 6.07) is 3.08. The lowest BCUT2D eigenvalue weighted by Crippen LogP contribution is -2.49. The maximum atomic E-state index is 12.4. The van der Waals surface area contributed by atoms with E-state index in [1.54, 1.807) is 6.07 Å². The number of halogens is 2. The zero-order valence-electron chi connectivity index (χ0n) is 10.6. The van der Waals surface area contributed by atoms with E-state index in [1.165, 1.54) is 16.8 Å². The van der Waals surface area contributed by atoms with Crippen LogP contribution in [0.1, 0.15) is 36.2 Å². The van der Waals surface area contributed by atoms with Crippen molar-refractivity contribution in [1.82, 2.24) is 9.88 Å². The topological polar surface area (TPSA) is 54.3 Å². The molecule has 0 aliphatic heterocycles. The standard InChI is InChI=1S/C13H18F2N2O2/c14-11(15)8-17-7-3-4-10(17)12(19)16-13(9-18)5-1-2-6-13/h3-4,7,11,18H,1-2,5-6,8-9H2,(H,16,19). The highest BCUT2D eigenvalue weighted by atomic mass is 19.3. The van der Waals surface area contributed by atoms with E-state index in [-0.39, 0.29) is 12.3 Å². The molecule has 0 saturated heterocycles. The van der Waals surface area contributed by atoms with E-state index >= 15 is 0 Å². The van der Waals surface area contributed by atoms with Crippen molar-refractivity contribution < 1.29 is 18.7 Å². The molecular weight excluding hydrogens is 254 g/mol. The van der Waals surface area contributed by atoms with E-state index < -0.39 is 24.4 Å². The first kappa shape index (κ1) is 14.0. The van der Waals surface area contributed by atoms with Crippen LogP contribution >= 0.6 is 0 Å². The summed E-state index contributed by atoms with van der Waals surface area (Å²) in [5, 5.41) is 12.2. The maximum Gasteiger partial charge on any atom is 0.268 e. The van der Waals surface area contributed by atoms with Gasteiger partial charge in [-0.3, -0.25) is 4.79 Å². The predicted octanol–water partition coefficient (Wildman–Crippen LogP) is 1.79. The number of aliphatic hydroxyl groups is 1. The van der Waals surface area contributed by atoms with Crippen LogP contribution in [0.15, 0.2) is 18.3 Å². The smallest absolute Gasteiger partial charge is 0.268 e. The Morgan fingerprint density at radius 1 is 1.47 bits per heavy atom. The van der Waals surface area contributed by atoms with Crippen LogP contribution < -0.4 is 5.32 Å². The van der Waals surface area contributed by atoms with Crippen molar-refractivity contribution >= 4 is 5.91 Å². The monoisotopic (exact) mass is 272 g/mol. The molecule has 1 amide bonds. The Bertz CT molecular complexity index is 440.